The molecule has 3 amide bonds. The molecule has 6 aromatic rings. The van der Waals surface area contributed by atoms with Gasteiger partial charge < -0.3 is 49.9 Å². The van der Waals surface area contributed by atoms with Crippen molar-refractivity contribution in [3.63, 3.8) is 0 Å². The van der Waals surface area contributed by atoms with Crippen LogP contribution in [-0.2, 0) is 41.7 Å². The molecule has 3 aromatic heterocycles. The van der Waals surface area contributed by atoms with E-state index >= 15 is 0 Å². The van der Waals surface area contributed by atoms with Gasteiger partial charge in [-0.05, 0) is 71.0 Å². The number of anilines is 1. The largest absolute Gasteiger partial charge is 0.491 e. The number of halogens is 1. The summed E-state index contributed by atoms with van der Waals surface area (Å²) < 4.78 is 22.6. The molecule has 5 N–H and O–H groups in total. The van der Waals surface area contributed by atoms with Gasteiger partial charge in [-0.2, -0.15) is 0 Å². The second-order valence-electron chi connectivity index (χ2n) is 17.2. The van der Waals surface area contributed by atoms with E-state index < -0.39 is 35.4 Å². The van der Waals surface area contributed by atoms with Gasteiger partial charge in [0.1, 0.15) is 48.8 Å². The van der Waals surface area contributed by atoms with E-state index in [1.165, 1.54) is 11.2 Å². The maximum Gasteiger partial charge on any atom is 0.246 e. The Kier molecular flexibility index (Phi) is 16.9. The number of H-pyrrole nitrogens is 1. The lowest BCUT2D eigenvalue weighted by Gasteiger charge is -2.35. The van der Waals surface area contributed by atoms with E-state index in [-0.39, 0.29) is 45.2 Å². The topological polar surface area (TPSA) is 202 Å². The van der Waals surface area contributed by atoms with Crippen molar-refractivity contribution in [2.45, 2.75) is 65.4 Å². The number of rotatable bonds is 22. The van der Waals surface area contributed by atoms with Gasteiger partial charge in [0.2, 0.25) is 17.7 Å². The number of aromatic amines is 1. The Morgan fingerprint density at radius 2 is 1.60 bits per heavy atom. The second-order valence-corrected chi connectivity index (χ2v) is 18.5. The number of hydrogen-bond donors (Lipinski definition) is 5. The Morgan fingerprint density at radius 3 is 2.30 bits per heavy atom. The van der Waals surface area contributed by atoms with E-state index in [1.807, 2.05) is 112 Å². The lowest BCUT2D eigenvalue weighted by atomic mass is 9.85. The molecule has 7 rings (SSSR count). The summed E-state index contributed by atoms with van der Waals surface area (Å²) in [5, 5.41) is 21.2. The van der Waals surface area contributed by atoms with Gasteiger partial charge in [0.25, 0.3) is 0 Å². The van der Waals surface area contributed by atoms with Crippen LogP contribution < -0.4 is 20.7 Å². The molecule has 354 valence electrons. The summed E-state index contributed by atoms with van der Waals surface area (Å²) in [7, 11) is 0. The van der Waals surface area contributed by atoms with Gasteiger partial charge in [-0.3, -0.25) is 14.4 Å². The number of aliphatic hydroxyl groups is 1. The van der Waals surface area contributed by atoms with Crippen LogP contribution in [0.4, 0.5) is 5.82 Å². The fraction of sp³-hybridized carbons (Fsp3) is 0.388. The molecule has 3 atom stereocenters. The molecule has 1 aliphatic heterocycles. The van der Waals surface area contributed by atoms with Crippen LogP contribution in [-0.4, -0.2) is 119 Å². The van der Waals surface area contributed by atoms with Crippen molar-refractivity contribution < 1.29 is 38.4 Å². The molecule has 0 radical (unpaired) electrons. The van der Waals surface area contributed by atoms with Crippen molar-refractivity contribution >= 4 is 57.5 Å². The summed E-state index contributed by atoms with van der Waals surface area (Å²) in [6.45, 7) is 9.74. The van der Waals surface area contributed by atoms with Crippen LogP contribution in [0.15, 0.2) is 90.7 Å². The number of β-amino-alcohol motifs (C(OH)–C–C–N with tert-alkyl or cyclic N) is 1. The second kappa shape index (κ2) is 23.2. The highest BCUT2D eigenvalue weighted by atomic mass is 35.5. The van der Waals surface area contributed by atoms with Crippen LogP contribution in [0.1, 0.15) is 44.0 Å². The zero-order valence-corrected chi connectivity index (χ0v) is 39.6. The lowest BCUT2D eigenvalue weighted by molar-refractivity contribution is -0.144. The number of aryl methyl sites for hydroxylation is 1. The smallest absolute Gasteiger partial charge is 0.246 e. The van der Waals surface area contributed by atoms with Gasteiger partial charge in [-0.25, -0.2) is 15.0 Å². The minimum absolute atomic E-state index is 0.0158. The molecule has 0 saturated carbocycles. The normalized spacial score (nSPS) is 15.4. The summed E-state index contributed by atoms with van der Waals surface area (Å²) in [6, 6.07) is 23.5. The molecule has 1 fully saturated rings. The number of nitrogens with zero attached hydrogens (tertiary/aromatic N) is 4. The SMILES string of the molecule is Cc1ncsc1-c1ccc(CNC(=O)[C@@H]2C[C@@H](O)CN2C(=O)C(NC(=O)COCCOCCOCCOc2ccc(-c3cc4c(NCc5ccccc5Cl)ncnc4[nH]3)cc2)C(C)(C)C)cc1. The average molecular weight is 954 g/mol. The van der Waals surface area contributed by atoms with Crippen LogP contribution in [0.25, 0.3) is 32.7 Å². The molecular formula is C49H57ClN8O8S. The molecule has 4 heterocycles. The van der Waals surface area contributed by atoms with Gasteiger partial charge in [-0.1, -0.05) is 74.8 Å². The van der Waals surface area contributed by atoms with Gasteiger partial charge >= 0.3 is 0 Å². The lowest BCUT2D eigenvalue weighted by Crippen LogP contribution is -2.58. The van der Waals surface area contributed by atoms with E-state index in [4.69, 9.17) is 30.5 Å². The van der Waals surface area contributed by atoms with Crippen molar-refractivity contribution in [3.05, 3.63) is 113 Å². The van der Waals surface area contributed by atoms with Crippen LogP contribution in [0.5, 0.6) is 5.75 Å². The number of aromatic nitrogens is 4. The molecule has 18 heteroatoms. The number of benzene rings is 3. The summed E-state index contributed by atoms with van der Waals surface area (Å²) in [6.07, 6.45) is 0.750. The number of nitrogens with one attached hydrogen (secondary N) is 4. The van der Waals surface area contributed by atoms with Crippen molar-refractivity contribution in [2.24, 2.45) is 5.41 Å². The fourth-order valence-electron chi connectivity index (χ4n) is 7.59. The van der Waals surface area contributed by atoms with E-state index in [0.717, 1.165) is 49.6 Å². The van der Waals surface area contributed by atoms with Gasteiger partial charge in [-0.15, -0.1) is 11.3 Å². The number of likely N-dealkylation sites (tertiary alicyclic amines) is 1. The Labute approximate surface area is 398 Å². The number of aliphatic hydroxyl groups excluding tert-OH is 1. The number of carbonyl (C=O) groups is 3. The first-order valence-electron chi connectivity index (χ1n) is 22.2. The van der Waals surface area contributed by atoms with E-state index in [2.05, 4.69) is 35.9 Å². The number of fused-ring (bicyclic) bond motifs is 1. The quantitative estimate of drug-likeness (QED) is 0.0460. The summed E-state index contributed by atoms with van der Waals surface area (Å²) >= 11 is 7.90. The summed E-state index contributed by atoms with van der Waals surface area (Å²) in [5.41, 5.74) is 7.59. The third-order valence-electron chi connectivity index (χ3n) is 11.2. The number of ether oxygens (including phenoxy) is 4. The number of thiazole rings is 1. The van der Waals surface area contributed by atoms with E-state index in [1.54, 1.807) is 11.3 Å². The molecule has 1 unspecified atom stereocenters. The minimum Gasteiger partial charge on any atom is -0.491 e. The van der Waals surface area contributed by atoms with Crippen LogP contribution >= 0.6 is 22.9 Å². The first-order valence-corrected chi connectivity index (χ1v) is 23.4. The average Bonchev–Trinajstić information content (AvgIpc) is 4.07. The van der Waals surface area contributed by atoms with Crippen molar-refractivity contribution in [2.75, 3.05) is 58.1 Å². The molecular weight excluding hydrogens is 896 g/mol. The van der Waals surface area contributed by atoms with Gasteiger partial charge in [0.15, 0.2) is 0 Å². The zero-order chi connectivity index (χ0) is 47.3. The number of amides is 3. The summed E-state index contributed by atoms with van der Waals surface area (Å²) in [5.74, 6) is 0.123. The summed E-state index contributed by atoms with van der Waals surface area (Å²) in [4.78, 5) is 59.3. The molecule has 1 saturated heterocycles. The first kappa shape index (κ1) is 49.0. The highest BCUT2D eigenvalue weighted by Gasteiger charge is 2.44. The zero-order valence-electron chi connectivity index (χ0n) is 38.1. The number of carbonyl (C=O) groups excluding carboxylic acids is 3. The van der Waals surface area contributed by atoms with Crippen molar-refractivity contribution in [3.8, 4) is 27.4 Å². The van der Waals surface area contributed by atoms with E-state index in [9.17, 15) is 19.5 Å². The molecule has 3 aromatic carbocycles. The maximum absolute atomic E-state index is 13.9. The van der Waals surface area contributed by atoms with E-state index in [0.29, 0.717) is 49.6 Å². The monoisotopic (exact) mass is 952 g/mol. The van der Waals surface area contributed by atoms with Crippen LogP contribution in [0.3, 0.4) is 0 Å². The minimum atomic E-state index is -0.964. The van der Waals surface area contributed by atoms with Gasteiger partial charge in [0.05, 0.1) is 60.6 Å². The number of hydrogen-bond acceptors (Lipinski definition) is 13. The molecule has 0 bridgehead atoms. The standard InChI is InChI=1S/C49H57ClN8O8S/c1-31-43(67-30-55-31)34-11-9-32(10-12-34)25-52-47(61)41-23-36(59)27-58(41)48(62)44(49(2,3)4)57-42(60)28-65-20-19-63-17-18-64-21-22-66-37-15-13-33(14-16-37)40-24-38-45(53-29-54-46(38)56-40)51-26-35-7-5-6-8-39(35)50/h5-16,24,29-30,36,41,44,59H,17-23,25-28H2,1-4H3,(H,52,61)(H,57,60)(H2,51,53,54,56)/t36-,41+,44?/m1/s1. The fourth-order valence-corrected chi connectivity index (χ4v) is 8.61. The Balaban J connectivity index is 0.760. The van der Waals surface area contributed by atoms with Crippen molar-refractivity contribution in [1.82, 2.24) is 35.5 Å². The van der Waals surface area contributed by atoms with Crippen LogP contribution in [0.2, 0.25) is 5.02 Å². The highest BCUT2D eigenvalue weighted by Crippen LogP contribution is 2.30. The predicted octanol–water partition coefficient (Wildman–Crippen LogP) is 6.56. The Bertz CT molecular complexity index is 2580. The highest BCUT2D eigenvalue weighted by molar-refractivity contribution is 7.13. The predicted molar refractivity (Wildman–Crippen MR) is 258 cm³/mol. The Hall–Kier alpha value is -5.95. The first-order chi connectivity index (χ1) is 32.3. The van der Waals surface area contributed by atoms with Crippen LogP contribution in [0, 0.1) is 12.3 Å². The van der Waals surface area contributed by atoms with Crippen molar-refractivity contribution in [1.29, 1.82) is 0 Å². The third kappa shape index (κ3) is 13.4. The van der Waals surface area contributed by atoms with Gasteiger partial charge in [0, 0.05) is 36.8 Å². The molecule has 16 nitrogen and oxygen atoms in total. The molecule has 0 spiro atoms. The third-order valence-corrected chi connectivity index (χ3v) is 12.5. The molecule has 67 heavy (non-hydrogen) atoms. The molecule has 1 aliphatic rings. The maximum atomic E-state index is 13.9. The Morgan fingerprint density at radius 1 is 0.896 bits per heavy atom. The molecule has 0 aliphatic carbocycles.